The average Bonchev–Trinajstić information content (AvgIpc) is 3.00. The van der Waals surface area contributed by atoms with Gasteiger partial charge in [-0.2, -0.15) is 0 Å². The number of esters is 4. The second-order valence-electron chi connectivity index (χ2n) is 9.18. The largest absolute Gasteiger partial charge is 0.459 e. The Morgan fingerprint density at radius 1 is 0.780 bits per heavy atom. The summed E-state index contributed by atoms with van der Waals surface area (Å²) in [7, 11) is 0. The first kappa shape index (κ1) is 31.3. The molecular formula is C31H35NO9. The van der Waals surface area contributed by atoms with Gasteiger partial charge in [0.05, 0.1) is 13.2 Å². The Morgan fingerprint density at radius 3 is 2.00 bits per heavy atom. The summed E-state index contributed by atoms with van der Waals surface area (Å²) in [5, 5.41) is 0. The van der Waals surface area contributed by atoms with Gasteiger partial charge in [0.15, 0.2) is 0 Å². The smallest absolute Gasteiger partial charge is 0.331 e. The van der Waals surface area contributed by atoms with Crippen molar-refractivity contribution in [3.63, 3.8) is 0 Å². The van der Waals surface area contributed by atoms with Crippen LogP contribution in [-0.4, -0.2) is 74.3 Å². The first-order chi connectivity index (χ1) is 19.9. The van der Waals surface area contributed by atoms with Gasteiger partial charge in [-0.1, -0.05) is 60.7 Å². The molecule has 1 aliphatic heterocycles. The first-order valence-electron chi connectivity index (χ1n) is 13.4. The van der Waals surface area contributed by atoms with Gasteiger partial charge in [0.2, 0.25) is 0 Å². The van der Waals surface area contributed by atoms with E-state index in [4.69, 9.17) is 23.7 Å². The lowest BCUT2D eigenvalue weighted by Crippen LogP contribution is -2.39. The Labute approximate surface area is 239 Å². The number of hydrogen-bond acceptors (Lipinski definition) is 10. The minimum absolute atomic E-state index is 0.0743. The summed E-state index contributed by atoms with van der Waals surface area (Å²) in [5.74, 6) is -2.96. The van der Waals surface area contributed by atoms with Crippen molar-refractivity contribution in [1.29, 1.82) is 0 Å². The van der Waals surface area contributed by atoms with Gasteiger partial charge in [-0.25, -0.2) is 19.2 Å². The van der Waals surface area contributed by atoms with Gasteiger partial charge in [-0.3, -0.25) is 4.90 Å². The minimum atomic E-state index is -0.789. The number of carbonyl (C=O) groups is 4. The van der Waals surface area contributed by atoms with Gasteiger partial charge >= 0.3 is 23.9 Å². The summed E-state index contributed by atoms with van der Waals surface area (Å²) in [6.07, 6.45) is 3.02. The molecule has 3 rings (SSSR count). The molecule has 1 aliphatic rings. The summed E-state index contributed by atoms with van der Waals surface area (Å²) in [6, 6.07) is 18.3. The van der Waals surface area contributed by atoms with Crippen LogP contribution in [0.15, 0.2) is 85.0 Å². The lowest BCUT2D eigenvalue weighted by molar-refractivity contribution is -0.153. The van der Waals surface area contributed by atoms with Crippen molar-refractivity contribution in [2.45, 2.75) is 32.2 Å². The van der Waals surface area contributed by atoms with Gasteiger partial charge in [0.1, 0.15) is 25.4 Å². The second-order valence-corrected chi connectivity index (χ2v) is 9.18. The van der Waals surface area contributed by atoms with Crippen molar-refractivity contribution in [2.24, 2.45) is 0 Å². The zero-order valence-electron chi connectivity index (χ0n) is 23.0. The van der Waals surface area contributed by atoms with Crippen LogP contribution in [0.1, 0.15) is 30.6 Å². The van der Waals surface area contributed by atoms with E-state index in [-0.39, 0.29) is 13.2 Å². The molecule has 0 bridgehead atoms. The maximum Gasteiger partial charge on any atom is 0.331 e. The standard InChI is InChI=1S/C31H35NO9/c1-24(26-10-6-3-7-11-26)40-30(35)14-15-31(36)41-27(16-17-32-18-20-37-21-19-32)23-39-29(34)13-12-28(33)38-22-25-8-4-2-5-9-25/h2-15,24,27H,16-23H2,1H3/b13-12+,15-14+. The maximum absolute atomic E-state index is 12.4. The van der Waals surface area contributed by atoms with E-state index < -0.39 is 36.1 Å². The molecule has 0 spiro atoms. The molecular weight excluding hydrogens is 530 g/mol. The minimum Gasteiger partial charge on any atom is -0.459 e. The summed E-state index contributed by atoms with van der Waals surface area (Å²) < 4.78 is 26.4. The fourth-order valence-corrected chi connectivity index (χ4v) is 3.81. The van der Waals surface area contributed by atoms with Crippen molar-refractivity contribution in [2.75, 3.05) is 39.5 Å². The molecule has 2 aromatic rings. The predicted molar refractivity (Wildman–Crippen MR) is 148 cm³/mol. The molecule has 218 valence electrons. The third-order valence-electron chi connectivity index (χ3n) is 6.06. The van der Waals surface area contributed by atoms with E-state index in [1.807, 2.05) is 60.7 Å². The fraction of sp³-hybridized carbons (Fsp3) is 0.355. The molecule has 10 nitrogen and oxygen atoms in total. The number of morpholine rings is 1. The molecule has 0 N–H and O–H groups in total. The molecule has 1 fully saturated rings. The van der Waals surface area contributed by atoms with Gasteiger partial charge in [-0.05, 0) is 18.1 Å². The molecule has 0 radical (unpaired) electrons. The van der Waals surface area contributed by atoms with Crippen molar-refractivity contribution in [3.05, 3.63) is 96.1 Å². The van der Waals surface area contributed by atoms with Crippen molar-refractivity contribution >= 4 is 23.9 Å². The Bertz CT molecular complexity index is 1170. The Morgan fingerprint density at radius 2 is 1.34 bits per heavy atom. The van der Waals surface area contributed by atoms with Crippen LogP contribution in [0.2, 0.25) is 0 Å². The summed E-state index contributed by atoms with van der Waals surface area (Å²) in [4.78, 5) is 50.9. The van der Waals surface area contributed by atoms with E-state index in [0.717, 1.165) is 48.5 Å². The van der Waals surface area contributed by atoms with Gasteiger partial charge in [-0.15, -0.1) is 0 Å². The molecule has 2 atom stereocenters. The Kier molecular flexibility index (Phi) is 13.3. The number of benzene rings is 2. The SMILES string of the molecule is CC(OC(=O)/C=C/C(=O)OC(CCN1CCOCC1)COC(=O)/C=C/C(=O)OCc1ccccc1)c1ccccc1. The highest BCUT2D eigenvalue weighted by atomic mass is 16.6. The Hall–Kier alpha value is -4.28. The molecule has 0 saturated carbocycles. The number of nitrogens with zero attached hydrogens (tertiary/aromatic N) is 1. The molecule has 2 aromatic carbocycles. The van der Waals surface area contributed by atoms with Crippen molar-refractivity contribution in [1.82, 2.24) is 4.90 Å². The van der Waals surface area contributed by atoms with Crippen LogP contribution in [0.3, 0.4) is 0 Å². The van der Waals surface area contributed by atoms with Crippen molar-refractivity contribution in [3.8, 4) is 0 Å². The molecule has 2 unspecified atom stereocenters. The average molecular weight is 566 g/mol. The topological polar surface area (TPSA) is 118 Å². The zero-order chi connectivity index (χ0) is 29.3. The number of hydrogen-bond donors (Lipinski definition) is 0. The molecule has 0 amide bonds. The van der Waals surface area contributed by atoms with Crippen LogP contribution >= 0.6 is 0 Å². The number of ether oxygens (including phenoxy) is 5. The fourth-order valence-electron chi connectivity index (χ4n) is 3.81. The van der Waals surface area contributed by atoms with Crippen LogP contribution in [0, 0.1) is 0 Å². The number of rotatable bonds is 14. The summed E-state index contributed by atoms with van der Waals surface area (Å²) in [6.45, 7) is 4.84. The third kappa shape index (κ3) is 12.6. The van der Waals surface area contributed by atoms with E-state index in [0.29, 0.717) is 26.2 Å². The lowest BCUT2D eigenvalue weighted by Gasteiger charge is -2.28. The first-order valence-corrected chi connectivity index (χ1v) is 13.4. The quantitative estimate of drug-likeness (QED) is 0.192. The molecule has 41 heavy (non-hydrogen) atoms. The highest BCUT2D eigenvalue weighted by Crippen LogP contribution is 2.16. The van der Waals surface area contributed by atoms with E-state index in [9.17, 15) is 19.2 Å². The van der Waals surface area contributed by atoms with E-state index in [1.165, 1.54) is 0 Å². The molecule has 0 aromatic heterocycles. The molecule has 1 saturated heterocycles. The monoisotopic (exact) mass is 565 g/mol. The number of carbonyl (C=O) groups excluding carboxylic acids is 4. The van der Waals surface area contributed by atoms with E-state index >= 15 is 0 Å². The zero-order valence-corrected chi connectivity index (χ0v) is 23.0. The molecule has 10 heteroatoms. The van der Waals surface area contributed by atoms with Crippen LogP contribution in [0.25, 0.3) is 0 Å². The highest BCUT2D eigenvalue weighted by molar-refractivity contribution is 5.92. The van der Waals surface area contributed by atoms with Crippen LogP contribution in [-0.2, 0) is 49.5 Å². The van der Waals surface area contributed by atoms with E-state index in [1.54, 1.807) is 6.92 Å². The third-order valence-corrected chi connectivity index (χ3v) is 6.06. The summed E-state index contributed by atoms with van der Waals surface area (Å²) in [5.41, 5.74) is 1.63. The van der Waals surface area contributed by atoms with E-state index in [2.05, 4.69) is 4.90 Å². The Balaban J connectivity index is 1.47. The second kappa shape index (κ2) is 17.4. The lowest BCUT2D eigenvalue weighted by atomic mass is 10.1. The van der Waals surface area contributed by atoms with Gasteiger partial charge < -0.3 is 23.7 Å². The molecule has 1 heterocycles. The van der Waals surface area contributed by atoms with Crippen LogP contribution in [0.4, 0.5) is 0 Å². The highest BCUT2D eigenvalue weighted by Gasteiger charge is 2.19. The van der Waals surface area contributed by atoms with Crippen LogP contribution in [0.5, 0.6) is 0 Å². The van der Waals surface area contributed by atoms with Gasteiger partial charge in [0.25, 0.3) is 0 Å². The maximum atomic E-state index is 12.4. The van der Waals surface area contributed by atoms with Gasteiger partial charge in [0, 0.05) is 50.4 Å². The van der Waals surface area contributed by atoms with Crippen LogP contribution < -0.4 is 0 Å². The normalized spacial score (nSPS) is 15.2. The van der Waals surface area contributed by atoms with Crippen molar-refractivity contribution < 1.29 is 42.9 Å². The predicted octanol–water partition coefficient (Wildman–Crippen LogP) is 3.32. The molecule has 0 aliphatic carbocycles. The summed E-state index contributed by atoms with van der Waals surface area (Å²) >= 11 is 0.